The maximum atomic E-state index is 11.2. The normalized spacial score (nSPS) is 29.9. The van der Waals surface area contributed by atoms with Gasteiger partial charge in [0.1, 0.15) is 0 Å². The number of rotatable bonds is 4. The van der Waals surface area contributed by atoms with Crippen LogP contribution in [0.4, 0.5) is 0 Å². The highest BCUT2D eigenvalue weighted by Gasteiger charge is 2.35. The van der Waals surface area contributed by atoms with Gasteiger partial charge >= 0.3 is 5.97 Å². The molecule has 0 amide bonds. The van der Waals surface area contributed by atoms with Crippen molar-refractivity contribution < 1.29 is 9.90 Å². The Labute approximate surface area is 111 Å². The molecule has 18 heavy (non-hydrogen) atoms. The lowest BCUT2D eigenvalue weighted by molar-refractivity contribution is -0.147. The molecular weight excluding hydrogens is 226 g/mol. The molecule has 1 N–H and O–H groups in total. The smallest absolute Gasteiger partial charge is 0.309 e. The standard InChI is InChI=1S/C15H27NO2/c1-15(2,14(17)18)9-11-16-10-5-7-12-6-3-4-8-13(12)16/h12-13H,3-11H2,1-2H3,(H,17,18). The first-order valence-corrected chi connectivity index (χ1v) is 7.48. The van der Waals surface area contributed by atoms with Crippen molar-refractivity contribution in [3.8, 4) is 0 Å². The number of fused-ring (bicyclic) bond motifs is 1. The highest BCUT2D eigenvalue weighted by atomic mass is 16.4. The number of carboxylic acid groups (broad SMARTS) is 1. The van der Waals surface area contributed by atoms with Gasteiger partial charge in [0.2, 0.25) is 0 Å². The fraction of sp³-hybridized carbons (Fsp3) is 0.933. The topological polar surface area (TPSA) is 40.5 Å². The zero-order chi connectivity index (χ0) is 13.2. The summed E-state index contributed by atoms with van der Waals surface area (Å²) in [6.07, 6.45) is 8.95. The Morgan fingerprint density at radius 3 is 2.61 bits per heavy atom. The quantitative estimate of drug-likeness (QED) is 0.836. The molecule has 1 aliphatic heterocycles. The van der Waals surface area contributed by atoms with Gasteiger partial charge in [0, 0.05) is 6.04 Å². The van der Waals surface area contributed by atoms with E-state index >= 15 is 0 Å². The Morgan fingerprint density at radius 1 is 1.22 bits per heavy atom. The summed E-state index contributed by atoms with van der Waals surface area (Å²) in [6.45, 7) is 5.83. The molecule has 1 saturated carbocycles. The molecule has 1 saturated heterocycles. The van der Waals surface area contributed by atoms with Gasteiger partial charge in [-0.05, 0) is 65.0 Å². The Kier molecular flexibility index (Phi) is 4.31. The highest BCUT2D eigenvalue weighted by molar-refractivity contribution is 5.73. The van der Waals surface area contributed by atoms with E-state index in [9.17, 15) is 9.90 Å². The monoisotopic (exact) mass is 253 g/mol. The second-order valence-corrected chi connectivity index (χ2v) is 6.73. The summed E-state index contributed by atoms with van der Waals surface area (Å²) in [4.78, 5) is 13.7. The summed E-state index contributed by atoms with van der Waals surface area (Å²) in [5.41, 5.74) is -0.582. The van der Waals surface area contributed by atoms with Crippen molar-refractivity contribution in [3.63, 3.8) is 0 Å². The minimum atomic E-state index is -0.667. The first kappa shape index (κ1) is 13.9. The number of piperidine rings is 1. The number of hydrogen-bond donors (Lipinski definition) is 1. The van der Waals surface area contributed by atoms with Gasteiger partial charge in [-0.15, -0.1) is 0 Å². The highest BCUT2D eigenvalue weighted by Crippen LogP contribution is 2.36. The van der Waals surface area contributed by atoms with Crippen molar-refractivity contribution in [1.29, 1.82) is 0 Å². The molecule has 3 heteroatoms. The second-order valence-electron chi connectivity index (χ2n) is 6.73. The molecule has 1 aliphatic carbocycles. The third-order valence-electron chi connectivity index (χ3n) is 4.96. The predicted octanol–water partition coefficient (Wildman–Crippen LogP) is 3.14. The van der Waals surface area contributed by atoms with E-state index < -0.39 is 11.4 Å². The Balaban J connectivity index is 1.90. The van der Waals surface area contributed by atoms with E-state index in [0.717, 1.165) is 24.9 Å². The van der Waals surface area contributed by atoms with Crippen LogP contribution in [0, 0.1) is 11.3 Å². The molecule has 2 fully saturated rings. The van der Waals surface area contributed by atoms with Gasteiger partial charge in [-0.2, -0.15) is 0 Å². The second kappa shape index (κ2) is 5.60. The van der Waals surface area contributed by atoms with Crippen molar-refractivity contribution >= 4 is 5.97 Å². The summed E-state index contributed by atoms with van der Waals surface area (Å²) in [6, 6.07) is 0.747. The van der Waals surface area contributed by atoms with Crippen LogP contribution in [0.2, 0.25) is 0 Å². The first-order valence-electron chi connectivity index (χ1n) is 7.48. The molecule has 3 nitrogen and oxygen atoms in total. The van der Waals surface area contributed by atoms with Crippen LogP contribution in [0.1, 0.15) is 58.8 Å². The lowest BCUT2D eigenvalue weighted by atomic mass is 9.78. The molecule has 2 aliphatic rings. The average Bonchev–Trinajstić information content (AvgIpc) is 2.36. The summed E-state index contributed by atoms with van der Waals surface area (Å²) in [7, 11) is 0. The molecule has 0 aromatic carbocycles. The van der Waals surface area contributed by atoms with Crippen molar-refractivity contribution in [2.75, 3.05) is 13.1 Å². The number of likely N-dealkylation sites (tertiary alicyclic amines) is 1. The van der Waals surface area contributed by atoms with E-state index in [1.54, 1.807) is 0 Å². The van der Waals surface area contributed by atoms with Crippen molar-refractivity contribution in [1.82, 2.24) is 4.90 Å². The molecule has 2 unspecified atom stereocenters. The van der Waals surface area contributed by atoms with Crippen LogP contribution in [0.3, 0.4) is 0 Å². The lowest BCUT2D eigenvalue weighted by Crippen LogP contribution is -2.48. The van der Waals surface area contributed by atoms with Crippen molar-refractivity contribution in [2.24, 2.45) is 11.3 Å². The van der Waals surface area contributed by atoms with E-state index in [0.29, 0.717) is 0 Å². The maximum absolute atomic E-state index is 11.2. The molecule has 104 valence electrons. The Morgan fingerprint density at radius 2 is 1.89 bits per heavy atom. The van der Waals surface area contributed by atoms with Gasteiger partial charge in [0.15, 0.2) is 0 Å². The molecule has 2 atom stereocenters. The summed E-state index contributed by atoms with van der Waals surface area (Å²) < 4.78 is 0. The third-order valence-corrected chi connectivity index (χ3v) is 4.96. The molecule has 0 aromatic rings. The van der Waals surface area contributed by atoms with Crippen LogP contribution in [0.5, 0.6) is 0 Å². The summed E-state index contributed by atoms with van der Waals surface area (Å²) in [5, 5.41) is 9.18. The minimum absolute atomic E-state index is 0.582. The van der Waals surface area contributed by atoms with E-state index in [2.05, 4.69) is 4.90 Å². The predicted molar refractivity (Wildman–Crippen MR) is 72.6 cm³/mol. The van der Waals surface area contributed by atoms with Gasteiger partial charge < -0.3 is 10.0 Å². The molecule has 2 rings (SSSR count). The molecule has 0 aromatic heterocycles. The van der Waals surface area contributed by atoms with E-state index in [-0.39, 0.29) is 0 Å². The Hall–Kier alpha value is -0.570. The van der Waals surface area contributed by atoms with Crippen LogP contribution in [0.15, 0.2) is 0 Å². The third kappa shape index (κ3) is 3.05. The lowest BCUT2D eigenvalue weighted by Gasteiger charge is -2.44. The summed E-state index contributed by atoms with van der Waals surface area (Å²) in [5.74, 6) is 0.222. The fourth-order valence-corrected chi connectivity index (χ4v) is 3.54. The van der Waals surface area contributed by atoms with Crippen molar-refractivity contribution in [2.45, 2.75) is 64.8 Å². The van der Waals surface area contributed by atoms with Crippen LogP contribution in [-0.2, 0) is 4.79 Å². The van der Waals surface area contributed by atoms with E-state index in [4.69, 9.17) is 0 Å². The number of hydrogen-bond acceptors (Lipinski definition) is 2. The molecular formula is C15H27NO2. The number of aliphatic carboxylic acids is 1. The van der Waals surface area contributed by atoms with Gasteiger partial charge in [-0.1, -0.05) is 12.8 Å². The SMILES string of the molecule is CC(C)(CCN1CCCC2CCCCC21)C(=O)O. The van der Waals surface area contributed by atoms with E-state index in [1.807, 2.05) is 13.8 Å². The number of nitrogens with zero attached hydrogens (tertiary/aromatic N) is 1. The number of carboxylic acids is 1. The van der Waals surface area contributed by atoms with Crippen molar-refractivity contribution in [3.05, 3.63) is 0 Å². The first-order chi connectivity index (χ1) is 8.50. The number of carbonyl (C=O) groups is 1. The molecule has 0 bridgehead atoms. The van der Waals surface area contributed by atoms with Crippen LogP contribution in [0.25, 0.3) is 0 Å². The fourth-order valence-electron chi connectivity index (χ4n) is 3.54. The molecule has 1 heterocycles. The zero-order valence-electron chi connectivity index (χ0n) is 11.8. The molecule has 0 radical (unpaired) electrons. The van der Waals surface area contributed by atoms with E-state index in [1.165, 1.54) is 45.1 Å². The zero-order valence-corrected chi connectivity index (χ0v) is 11.8. The van der Waals surface area contributed by atoms with Gasteiger partial charge in [-0.25, -0.2) is 0 Å². The maximum Gasteiger partial charge on any atom is 0.309 e. The molecule has 0 spiro atoms. The van der Waals surface area contributed by atoms with Gasteiger partial charge in [0.25, 0.3) is 0 Å². The van der Waals surface area contributed by atoms with Gasteiger partial charge in [0.05, 0.1) is 5.41 Å². The average molecular weight is 253 g/mol. The van der Waals surface area contributed by atoms with Crippen LogP contribution in [-0.4, -0.2) is 35.1 Å². The summed E-state index contributed by atoms with van der Waals surface area (Å²) >= 11 is 0. The van der Waals surface area contributed by atoms with Gasteiger partial charge in [-0.3, -0.25) is 4.79 Å². The van der Waals surface area contributed by atoms with Crippen LogP contribution >= 0.6 is 0 Å². The Bertz CT molecular complexity index is 299. The van der Waals surface area contributed by atoms with Crippen LogP contribution < -0.4 is 0 Å². The minimum Gasteiger partial charge on any atom is -0.481 e. The largest absolute Gasteiger partial charge is 0.481 e.